The maximum atomic E-state index is 11.9. The van der Waals surface area contributed by atoms with Crippen molar-refractivity contribution in [1.29, 1.82) is 0 Å². The Morgan fingerprint density at radius 3 is 2.90 bits per heavy atom. The molecule has 0 aliphatic carbocycles. The van der Waals surface area contributed by atoms with Gasteiger partial charge in [-0.3, -0.25) is 9.69 Å². The molecule has 0 aromatic heterocycles. The molecule has 0 amide bonds. The van der Waals surface area contributed by atoms with Crippen LogP contribution in [0.15, 0.2) is 24.3 Å². The summed E-state index contributed by atoms with van der Waals surface area (Å²) in [7, 11) is 0. The Kier molecular flexibility index (Phi) is 6.29. The maximum absolute atomic E-state index is 11.9. The zero-order chi connectivity index (χ0) is 15.1. The lowest BCUT2D eigenvalue weighted by atomic mass is 10.2. The van der Waals surface area contributed by atoms with Gasteiger partial charge in [0.25, 0.3) is 0 Å². The summed E-state index contributed by atoms with van der Waals surface area (Å²) >= 11 is 5.83. The maximum Gasteiger partial charge on any atom is 0.324 e. The third kappa shape index (κ3) is 4.88. The van der Waals surface area contributed by atoms with Crippen molar-refractivity contribution in [2.75, 3.05) is 39.4 Å². The number of hydrogen-bond donors (Lipinski definition) is 1. The molecule has 1 fully saturated rings. The van der Waals surface area contributed by atoms with Crippen molar-refractivity contribution in [3.63, 3.8) is 0 Å². The minimum Gasteiger partial charge on any atom is -0.492 e. The van der Waals surface area contributed by atoms with E-state index < -0.39 is 0 Å². The Balaban J connectivity index is 1.82. The predicted molar refractivity (Wildman–Crippen MR) is 81.8 cm³/mol. The Hall–Kier alpha value is -1.30. The standard InChI is InChI=1S/C15H21ClN2O3/c1-2-20-15(19)14-11-17-7-8-18(14)9-10-21-13-5-3-12(16)4-6-13/h3-6,14,17H,2,7-11H2,1H3. The van der Waals surface area contributed by atoms with Crippen LogP contribution in [0, 0.1) is 0 Å². The first-order valence-corrected chi connectivity index (χ1v) is 7.58. The molecule has 1 atom stereocenters. The number of nitrogens with zero attached hydrogens (tertiary/aromatic N) is 1. The fourth-order valence-electron chi connectivity index (χ4n) is 2.30. The molecule has 1 aliphatic rings. The largest absolute Gasteiger partial charge is 0.492 e. The van der Waals surface area contributed by atoms with E-state index in [0.29, 0.717) is 31.3 Å². The number of rotatable bonds is 6. The fourth-order valence-corrected chi connectivity index (χ4v) is 2.42. The Labute approximate surface area is 130 Å². The van der Waals surface area contributed by atoms with Crippen LogP contribution in [0.1, 0.15) is 6.92 Å². The molecule has 2 rings (SSSR count). The molecule has 0 saturated carbocycles. The van der Waals surface area contributed by atoms with Crippen LogP contribution in [0.4, 0.5) is 0 Å². The lowest BCUT2D eigenvalue weighted by molar-refractivity contribution is -0.150. The summed E-state index contributed by atoms with van der Waals surface area (Å²) in [5, 5.41) is 3.91. The number of benzene rings is 1. The number of halogens is 1. The van der Waals surface area contributed by atoms with Gasteiger partial charge in [-0.05, 0) is 31.2 Å². The number of piperazine rings is 1. The second-order valence-electron chi connectivity index (χ2n) is 4.81. The van der Waals surface area contributed by atoms with Gasteiger partial charge in [0.05, 0.1) is 6.61 Å². The van der Waals surface area contributed by atoms with Gasteiger partial charge in [-0.1, -0.05) is 11.6 Å². The predicted octanol–water partition coefficient (Wildman–Crippen LogP) is 1.56. The van der Waals surface area contributed by atoms with Crippen LogP contribution in [0.3, 0.4) is 0 Å². The summed E-state index contributed by atoms with van der Waals surface area (Å²) in [4.78, 5) is 14.0. The molecule has 0 radical (unpaired) electrons. The summed E-state index contributed by atoms with van der Waals surface area (Å²) in [6.07, 6.45) is 0. The quantitative estimate of drug-likeness (QED) is 0.808. The smallest absolute Gasteiger partial charge is 0.324 e. The minimum absolute atomic E-state index is 0.170. The lowest BCUT2D eigenvalue weighted by Crippen LogP contribution is -2.56. The van der Waals surface area contributed by atoms with E-state index in [9.17, 15) is 4.79 Å². The first-order valence-electron chi connectivity index (χ1n) is 7.20. The lowest BCUT2D eigenvalue weighted by Gasteiger charge is -2.34. The molecule has 1 aromatic carbocycles. The van der Waals surface area contributed by atoms with E-state index in [1.54, 1.807) is 12.1 Å². The van der Waals surface area contributed by atoms with Crippen LogP contribution in [-0.2, 0) is 9.53 Å². The first-order chi connectivity index (χ1) is 10.2. The van der Waals surface area contributed by atoms with E-state index >= 15 is 0 Å². The van der Waals surface area contributed by atoms with Gasteiger partial charge in [-0.25, -0.2) is 0 Å². The third-order valence-electron chi connectivity index (χ3n) is 3.37. The highest BCUT2D eigenvalue weighted by Crippen LogP contribution is 2.15. The second kappa shape index (κ2) is 8.22. The number of carbonyl (C=O) groups is 1. The van der Waals surface area contributed by atoms with Crippen molar-refractivity contribution >= 4 is 17.6 Å². The first kappa shape index (κ1) is 16.1. The number of nitrogens with one attached hydrogen (secondary N) is 1. The molecule has 1 saturated heterocycles. The molecule has 6 heteroatoms. The van der Waals surface area contributed by atoms with Gasteiger partial charge >= 0.3 is 5.97 Å². The van der Waals surface area contributed by atoms with Crippen molar-refractivity contribution in [1.82, 2.24) is 10.2 Å². The Morgan fingerprint density at radius 1 is 1.43 bits per heavy atom. The van der Waals surface area contributed by atoms with E-state index in [1.807, 2.05) is 19.1 Å². The molecule has 1 aliphatic heterocycles. The average molecular weight is 313 g/mol. The van der Waals surface area contributed by atoms with Crippen LogP contribution >= 0.6 is 11.6 Å². The van der Waals surface area contributed by atoms with Gasteiger partial charge in [0, 0.05) is 31.2 Å². The van der Waals surface area contributed by atoms with Gasteiger partial charge in [0.1, 0.15) is 18.4 Å². The topological polar surface area (TPSA) is 50.8 Å². The third-order valence-corrected chi connectivity index (χ3v) is 3.63. The number of ether oxygens (including phenoxy) is 2. The van der Waals surface area contributed by atoms with Crippen molar-refractivity contribution in [3.8, 4) is 5.75 Å². The molecule has 1 unspecified atom stereocenters. The van der Waals surface area contributed by atoms with Crippen molar-refractivity contribution < 1.29 is 14.3 Å². The van der Waals surface area contributed by atoms with Gasteiger partial charge in [-0.2, -0.15) is 0 Å². The number of esters is 1. The van der Waals surface area contributed by atoms with Crippen LogP contribution in [0.2, 0.25) is 5.02 Å². The Bertz CT molecular complexity index is 453. The molecule has 21 heavy (non-hydrogen) atoms. The van der Waals surface area contributed by atoms with Crippen molar-refractivity contribution in [2.24, 2.45) is 0 Å². The molecular formula is C15H21ClN2O3. The van der Waals surface area contributed by atoms with Crippen LogP contribution in [-0.4, -0.2) is 56.3 Å². The van der Waals surface area contributed by atoms with Gasteiger partial charge in [0.15, 0.2) is 0 Å². The van der Waals surface area contributed by atoms with E-state index in [4.69, 9.17) is 21.1 Å². The summed E-state index contributed by atoms with van der Waals surface area (Å²) in [5.74, 6) is 0.610. The van der Waals surface area contributed by atoms with Gasteiger partial charge < -0.3 is 14.8 Å². The minimum atomic E-state index is -0.229. The Morgan fingerprint density at radius 2 is 2.19 bits per heavy atom. The van der Waals surface area contributed by atoms with Gasteiger partial charge in [0.2, 0.25) is 0 Å². The normalized spacial score (nSPS) is 19.2. The van der Waals surface area contributed by atoms with Crippen LogP contribution in [0.5, 0.6) is 5.75 Å². The monoisotopic (exact) mass is 312 g/mol. The summed E-state index contributed by atoms with van der Waals surface area (Å²) in [6, 6.07) is 7.03. The highest BCUT2D eigenvalue weighted by Gasteiger charge is 2.29. The average Bonchev–Trinajstić information content (AvgIpc) is 2.50. The second-order valence-corrected chi connectivity index (χ2v) is 5.25. The van der Waals surface area contributed by atoms with E-state index in [2.05, 4.69) is 10.2 Å². The van der Waals surface area contributed by atoms with Crippen molar-refractivity contribution in [3.05, 3.63) is 29.3 Å². The summed E-state index contributed by atoms with van der Waals surface area (Å²) in [5.41, 5.74) is 0. The molecule has 116 valence electrons. The highest BCUT2D eigenvalue weighted by molar-refractivity contribution is 6.30. The number of carbonyl (C=O) groups excluding carboxylic acids is 1. The SMILES string of the molecule is CCOC(=O)C1CNCCN1CCOc1ccc(Cl)cc1. The molecule has 1 aromatic rings. The van der Waals surface area contributed by atoms with E-state index in [0.717, 1.165) is 18.8 Å². The number of hydrogen-bond acceptors (Lipinski definition) is 5. The van der Waals surface area contributed by atoms with E-state index in [-0.39, 0.29) is 12.0 Å². The summed E-state index contributed by atoms with van der Waals surface area (Å²) < 4.78 is 10.8. The van der Waals surface area contributed by atoms with Gasteiger partial charge in [-0.15, -0.1) is 0 Å². The molecule has 0 bridgehead atoms. The molecule has 1 heterocycles. The van der Waals surface area contributed by atoms with Crippen LogP contribution in [0.25, 0.3) is 0 Å². The van der Waals surface area contributed by atoms with Crippen LogP contribution < -0.4 is 10.1 Å². The zero-order valence-corrected chi connectivity index (χ0v) is 12.9. The molecule has 1 N–H and O–H groups in total. The fraction of sp³-hybridized carbons (Fsp3) is 0.533. The van der Waals surface area contributed by atoms with E-state index in [1.165, 1.54) is 0 Å². The molecule has 5 nitrogen and oxygen atoms in total. The zero-order valence-electron chi connectivity index (χ0n) is 12.2. The molecular weight excluding hydrogens is 292 g/mol. The highest BCUT2D eigenvalue weighted by atomic mass is 35.5. The summed E-state index contributed by atoms with van der Waals surface area (Å²) in [6.45, 7) is 5.75. The molecule has 0 spiro atoms. The van der Waals surface area contributed by atoms with Crippen molar-refractivity contribution in [2.45, 2.75) is 13.0 Å².